The summed E-state index contributed by atoms with van der Waals surface area (Å²) in [6.45, 7) is 4.50. The van der Waals surface area contributed by atoms with E-state index in [0.29, 0.717) is 17.9 Å². The molecule has 2 aromatic rings. The Morgan fingerprint density at radius 3 is 2.85 bits per heavy atom. The van der Waals surface area contributed by atoms with Crippen LogP contribution < -0.4 is 16.6 Å². The number of rotatable bonds is 5. The van der Waals surface area contributed by atoms with Gasteiger partial charge in [0.25, 0.3) is 5.91 Å². The molecule has 0 unspecified atom stereocenters. The molecule has 2 heterocycles. The highest BCUT2D eigenvalue weighted by molar-refractivity contribution is 7.09. The first-order chi connectivity index (χ1) is 9.60. The molecule has 1 amide bonds. The number of carbonyl (C=O) groups is 1. The van der Waals surface area contributed by atoms with Gasteiger partial charge in [-0.3, -0.25) is 9.78 Å². The number of carbonyl (C=O) groups excluding carboxylic acids is 1. The van der Waals surface area contributed by atoms with E-state index in [-0.39, 0.29) is 11.8 Å². The van der Waals surface area contributed by atoms with Crippen molar-refractivity contribution in [1.29, 1.82) is 0 Å². The van der Waals surface area contributed by atoms with E-state index < -0.39 is 0 Å². The molecule has 0 spiro atoms. The molecule has 6 nitrogen and oxygen atoms in total. The predicted octanol–water partition coefficient (Wildman–Crippen LogP) is 1.88. The summed E-state index contributed by atoms with van der Waals surface area (Å²) >= 11 is 1.51. The average molecular weight is 291 g/mol. The van der Waals surface area contributed by atoms with Gasteiger partial charge >= 0.3 is 0 Å². The number of pyridine rings is 1. The number of nitrogen functional groups attached to an aromatic ring is 1. The average Bonchev–Trinajstić information content (AvgIpc) is 2.97. The standard InChI is InChI=1S/C13H17N5OS/c1-8(2)11-3-9(4-12(17-11)18-14)13(19)16-6-10-5-15-7-20-10/h3-5,7-8H,6,14H2,1-2H3,(H,16,19)(H,17,18). The summed E-state index contributed by atoms with van der Waals surface area (Å²) < 4.78 is 0. The second-order valence-electron chi connectivity index (χ2n) is 4.62. The second kappa shape index (κ2) is 6.44. The van der Waals surface area contributed by atoms with Gasteiger partial charge in [-0.15, -0.1) is 11.3 Å². The molecule has 0 aliphatic rings. The molecule has 0 aliphatic heterocycles. The zero-order valence-corrected chi connectivity index (χ0v) is 12.2. The zero-order valence-electron chi connectivity index (χ0n) is 11.4. The van der Waals surface area contributed by atoms with Gasteiger partial charge in [0.05, 0.1) is 12.1 Å². The Morgan fingerprint density at radius 1 is 1.45 bits per heavy atom. The van der Waals surface area contributed by atoms with Gasteiger partial charge in [-0.25, -0.2) is 10.8 Å². The maximum Gasteiger partial charge on any atom is 0.251 e. The Hall–Kier alpha value is -1.99. The van der Waals surface area contributed by atoms with E-state index >= 15 is 0 Å². The van der Waals surface area contributed by atoms with Crippen LogP contribution in [-0.2, 0) is 6.54 Å². The first-order valence-corrected chi connectivity index (χ1v) is 7.12. The van der Waals surface area contributed by atoms with Gasteiger partial charge in [0.2, 0.25) is 0 Å². The Balaban J connectivity index is 2.14. The minimum atomic E-state index is -0.154. The first-order valence-electron chi connectivity index (χ1n) is 6.24. The van der Waals surface area contributed by atoms with Gasteiger partial charge in [0.15, 0.2) is 0 Å². The van der Waals surface area contributed by atoms with Crippen LogP contribution in [0.3, 0.4) is 0 Å². The highest BCUT2D eigenvalue weighted by Crippen LogP contribution is 2.17. The van der Waals surface area contributed by atoms with Crippen molar-refractivity contribution in [2.45, 2.75) is 26.3 Å². The number of hydrazine groups is 1. The van der Waals surface area contributed by atoms with Gasteiger partial charge in [-0.05, 0) is 18.1 Å². The molecule has 0 saturated heterocycles. The van der Waals surface area contributed by atoms with Crippen LogP contribution in [0.2, 0.25) is 0 Å². The van der Waals surface area contributed by atoms with Crippen LogP contribution in [0.5, 0.6) is 0 Å². The van der Waals surface area contributed by atoms with Gasteiger partial charge in [-0.1, -0.05) is 13.8 Å². The zero-order chi connectivity index (χ0) is 14.5. The third-order valence-corrected chi connectivity index (χ3v) is 3.53. The van der Waals surface area contributed by atoms with Crippen LogP contribution in [0.25, 0.3) is 0 Å². The van der Waals surface area contributed by atoms with Crippen LogP contribution in [0, 0.1) is 0 Å². The summed E-state index contributed by atoms with van der Waals surface area (Å²) in [5, 5.41) is 2.85. The molecule has 7 heteroatoms. The van der Waals surface area contributed by atoms with Crippen molar-refractivity contribution < 1.29 is 4.79 Å². The third-order valence-electron chi connectivity index (χ3n) is 2.75. The molecule has 106 valence electrons. The van der Waals surface area contributed by atoms with E-state index in [1.165, 1.54) is 11.3 Å². The van der Waals surface area contributed by atoms with E-state index in [2.05, 4.69) is 20.7 Å². The van der Waals surface area contributed by atoms with Crippen molar-refractivity contribution in [1.82, 2.24) is 15.3 Å². The number of nitrogens with zero attached hydrogens (tertiary/aromatic N) is 2. The minimum absolute atomic E-state index is 0.154. The molecular formula is C13H17N5OS. The fraction of sp³-hybridized carbons (Fsp3) is 0.308. The van der Waals surface area contributed by atoms with Gasteiger partial charge in [0.1, 0.15) is 5.82 Å². The quantitative estimate of drug-likeness (QED) is 0.577. The maximum absolute atomic E-state index is 12.2. The normalized spacial score (nSPS) is 10.6. The summed E-state index contributed by atoms with van der Waals surface area (Å²) in [7, 11) is 0. The second-order valence-corrected chi connectivity index (χ2v) is 5.59. The van der Waals surface area contributed by atoms with Crippen LogP contribution in [0.1, 0.15) is 40.7 Å². The fourth-order valence-corrected chi connectivity index (χ4v) is 2.19. The molecule has 0 aromatic carbocycles. The van der Waals surface area contributed by atoms with Gasteiger partial charge < -0.3 is 10.7 Å². The van der Waals surface area contributed by atoms with Crippen LogP contribution >= 0.6 is 11.3 Å². The van der Waals surface area contributed by atoms with E-state index in [4.69, 9.17) is 5.84 Å². The molecular weight excluding hydrogens is 274 g/mol. The Morgan fingerprint density at radius 2 is 2.25 bits per heavy atom. The van der Waals surface area contributed by atoms with Crippen molar-refractivity contribution in [2.75, 3.05) is 5.43 Å². The van der Waals surface area contributed by atoms with Crippen LogP contribution in [0.4, 0.5) is 5.82 Å². The number of nitrogens with one attached hydrogen (secondary N) is 2. The number of hydrogen-bond acceptors (Lipinski definition) is 6. The van der Waals surface area contributed by atoms with E-state index in [1.807, 2.05) is 13.8 Å². The molecule has 0 saturated carbocycles. The monoisotopic (exact) mass is 291 g/mol. The largest absolute Gasteiger partial charge is 0.347 e. The van der Waals surface area contributed by atoms with E-state index in [0.717, 1.165) is 10.6 Å². The van der Waals surface area contributed by atoms with Crippen LogP contribution in [-0.4, -0.2) is 15.9 Å². The number of anilines is 1. The lowest BCUT2D eigenvalue weighted by Gasteiger charge is -2.10. The number of thiazole rings is 1. The summed E-state index contributed by atoms with van der Waals surface area (Å²) in [5.74, 6) is 5.94. The predicted molar refractivity (Wildman–Crippen MR) is 79.4 cm³/mol. The number of hydrogen-bond donors (Lipinski definition) is 3. The van der Waals surface area contributed by atoms with Crippen LogP contribution in [0.15, 0.2) is 23.8 Å². The lowest BCUT2D eigenvalue weighted by Crippen LogP contribution is -2.23. The molecule has 20 heavy (non-hydrogen) atoms. The molecule has 0 fully saturated rings. The Labute approximate surface area is 121 Å². The lowest BCUT2D eigenvalue weighted by molar-refractivity contribution is 0.0951. The molecule has 2 aromatic heterocycles. The highest BCUT2D eigenvalue weighted by Gasteiger charge is 2.11. The topological polar surface area (TPSA) is 92.9 Å². The molecule has 0 bridgehead atoms. The first kappa shape index (κ1) is 14.4. The lowest BCUT2D eigenvalue weighted by atomic mass is 10.1. The molecule has 0 radical (unpaired) electrons. The van der Waals surface area contributed by atoms with Gasteiger partial charge in [0, 0.05) is 22.3 Å². The van der Waals surface area contributed by atoms with Crippen molar-refractivity contribution in [3.8, 4) is 0 Å². The minimum Gasteiger partial charge on any atom is -0.347 e. The number of aromatic nitrogens is 2. The molecule has 0 aliphatic carbocycles. The maximum atomic E-state index is 12.2. The molecule has 0 atom stereocenters. The van der Waals surface area contributed by atoms with Crippen molar-refractivity contribution in [3.63, 3.8) is 0 Å². The van der Waals surface area contributed by atoms with Crippen molar-refractivity contribution in [3.05, 3.63) is 40.0 Å². The molecule has 4 N–H and O–H groups in total. The fourth-order valence-electron chi connectivity index (χ4n) is 1.65. The molecule has 2 rings (SSSR count). The number of nitrogens with two attached hydrogens (primary N) is 1. The third kappa shape index (κ3) is 3.52. The Bertz CT molecular complexity index is 582. The smallest absolute Gasteiger partial charge is 0.251 e. The SMILES string of the molecule is CC(C)c1cc(C(=O)NCc2cncs2)cc(NN)n1. The van der Waals surface area contributed by atoms with E-state index in [9.17, 15) is 4.79 Å². The van der Waals surface area contributed by atoms with Crippen molar-refractivity contribution in [2.24, 2.45) is 5.84 Å². The Kier molecular flexibility index (Phi) is 4.65. The summed E-state index contributed by atoms with van der Waals surface area (Å²) in [6, 6.07) is 3.42. The van der Waals surface area contributed by atoms with Gasteiger partial charge in [-0.2, -0.15) is 0 Å². The highest BCUT2D eigenvalue weighted by atomic mass is 32.1. The van der Waals surface area contributed by atoms with Crippen molar-refractivity contribution >= 4 is 23.1 Å². The summed E-state index contributed by atoms with van der Waals surface area (Å²) in [6.07, 6.45) is 1.74. The van der Waals surface area contributed by atoms with E-state index in [1.54, 1.807) is 23.8 Å². The summed E-state index contributed by atoms with van der Waals surface area (Å²) in [4.78, 5) is 21.5. The summed E-state index contributed by atoms with van der Waals surface area (Å²) in [5.41, 5.74) is 5.59. The number of amides is 1.